The SMILES string of the molecule is O=[N+]([O-])c1cc2c(-c3ccncc3)nn(C(c3ccccc3)(c3ccccc3)c3ccccc3)c2cc1[N+](=O)[O-]. The zero-order valence-electron chi connectivity index (χ0n) is 21.0. The van der Waals surface area contributed by atoms with Gasteiger partial charge in [-0.1, -0.05) is 91.0 Å². The van der Waals surface area contributed by atoms with Crippen LogP contribution < -0.4 is 0 Å². The maximum atomic E-state index is 12.1. The summed E-state index contributed by atoms with van der Waals surface area (Å²) in [5.74, 6) is 0. The molecule has 0 unspecified atom stereocenters. The van der Waals surface area contributed by atoms with E-state index in [4.69, 9.17) is 5.10 Å². The minimum atomic E-state index is -1.09. The van der Waals surface area contributed by atoms with Gasteiger partial charge in [-0.15, -0.1) is 0 Å². The molecule has 0 saturated heterocycles. The molecule has 2 aromatic heterocycles. The highest BCUT2D eigenvalue weighted by molar-refractivity contribution is 5.97. The molecule has 0 aliphatic carbocycles. The molecule has 0 bridgehead atoms. The van der Waals surface area contributed by atoms with Crippen LogP contribution in [0.3, 0.4) is 0 Å². The van der Waals surface area contributed by atoms with Crippen LogP contribution in [0.25, 0.3) is 22.2 Å². The van der Waals surface area contributed by atoms with Gasteiger partial charge in [0.25, 0.3) is 0 Å². The Hall–Kier alpha value is -5.70. The topological polar surface area (TPSA) is 117 Å². The van der Waals surface area contributed by atoms with Crippen LogP contribution in [0.1, 0.15) is 16.7 Å². The molecule has 0 spiro atoms. The van der Waals surface area contributed by atoms with Crippen molar-refractivity contribution in [3.63, 3.8) is 0 Å². The second kappa shape index (κ2) is 9.88. The zero-order valence-corrected chi connectivity index (χ0v) is 21.0. The van der Waals surface area contributed by atoms with E-state index in [0.29, 0.717) is 22.2 Å². The highest BCUT2D eigenvalue weighted by Gasteiger charge is 2.42. The van der Waals surface area contributed by atoms with Crippen molar-refractivity contribution in [3.05, 3.63) is 165 Å². The van der Waals surface area contributed by atoms with Gasteiger partial charge in [0.2, 0.25) is 0 Å². The van der Waals surface area contributed by atoms with E-state index in [-0.39, 0.29) is 0 Å². The first-order chi connectivity index (χ1) is 19.5. The highest BCUT2D eigenvalue weighted by Crippen LogP contribution is 2.45. The van der Waals surface area contributed by atoms with Gasteiger partial charge in [-0.05, 0) is 28.8 Å². The molecule has 0 fully saturated rings. The predicted molar refractivity (Wildman–Crippen MR) is 151 cm³/mol. The Kier molecular flexibility index (Phi) is 6.08. The van der Waals surface area contributed by atoms with Crippen LogP contribution in [-0.4, -0.2) is 24.6 Å². The molecule has 0 aliphatic heterocycles. The van der Waals surface area contributed by atoms with Crippen molar-refractivity contribution in [3.8, 4) is 11.3 Å². The van der Waals surface area contributed by atoms with Gasteiger partial charge in [-0.2, -0.15) is 5.10 Å². The summed E-state index contributed by atoms with van der Waals surface area (Å²) in [6.07, 6.45) is 3.22. The Bertz CT molecular complexity index is 1740. The highest BCUT2D eigenvalue weighted by atomic mass is 16.6. The molecule has 194 valence electrons. The monoisotopic (exact) mass is 527 g/mol. The summed E-state index contributed by atoms with van der Waals surface area (Å²) in [5, 5.41) is 29.5. The molecule has 9 heteroatoms. The summed E-state index contributed by atoms with van der Waals surface area (Å²) >= 11 is 0. The molecular formula is C31H21N5O4. The van der Waals surface area contributed by atoms with Crippen LogP contribution >= 0.6 is 0 Å². The number of pyridine rings is 1. The van der Waals surface area contributed by atoms with E-state index >= 15 is 0 Å². The number of nitro groups is 2. The summed E-state index contributed by atoms with van der Waals surface area (Å²) in [5.41, 5.74) is 1.78. The molecule has 2 heterocycles. The largest absolute Gasteiger partial charge is 0.348 e. The Balaban J connectivity index is 1.85. The van der Waals surface area contributed by atoms with E-state index in [9.17, 15) is 20.2 Å². The normalized spacial score (nSPS) is 11.4. The lowest BCUT2D eigenvalue weighted by Gasteiger charge is -2.37. The summed E-state index contributed by atoms with van der Waals surface area (Å²) in [6, 6.07) is 35.3. The van der Waals surface area contributed by atoms with E-state index in [1.165, 1.54) is 12.1 Å². The molecule has 0 atom stereocenters. The molecule has 40 heavy (non-hydrogen) atoms. The lowest BCUT2D eigenvalue weighted by Crippen LogP contribution is -2.38. The Morgan fingerprint density at radius 1 is 0.625 bits per heavy atom. The standard InChI is InChI=1S/C31H21N5O4/c37-35(38)28-20-26-27(21-29(28)36(39)40)34(33-30(26)22-16-18-32-19-17-22)31(23-10-4-1-5-11-23,24-12-6-2-7-13-24)25-14-8-3-9-15-25/h1-21H. The van der Waals surface area contributed by atoms with Gasteiger partial charge in [0.05, 0.1) is 15.4 Å². The van der Waals surface area contributed by atoms with Crippen molar-refractivity contribution < 1.29 is 9.85 Å². The van der Waals surface area contributed by atoms with E-state index < -0.39 is 26.8 Å². The van der Waals surface area contributed by atoms with E-state index in [1.54, 1.807) is 29.2 Å². The third-order valence-electron chi connectivity index (χ3n) is 7.02. The molecule has 0 amide bonds. The first-order valence-electron chi connectivity index (χ1n) is 12.4. The molecular weight excluding hydrogens is 506 g/mol. The van der Waals surface area contributed by atoms with E-state index in [0.717, 1.165) is 16.7 Å². The molecule has 4 aromatic carbocycles. The fourth-order valence-corrected chi connectivity index (χ4v) is 5.31. The smallest absolute Gasteiger partial charge is 0.265 e. The van der Waals surface area contributed by atoms with E-state index in [2.05, 4.69) is 4.98 Å². The van der Waals surface area contributed by atoms with Crippen LogP contribution in [0.4, 0.5) is 11.4 Å². The quantitative estimate of drug-likeness (QED) is 0.129. The zero-order chi connectivity index (χ0) is 27.7. The van der Waals surface area contributed by atoms with Crippen molar-refractivity contribution >= 4 is 22.3 Å². The number of hydrogen-bond donors (Lipinski definition) is 0. The van der Waals surface area contributed by atoms with Crippen molar-refractivity contribution in [1.29, 1.82) is 0 Å². The van der Waals surface area contributed by atoms with Gasteiger partial charge in [0.15, 0.2) is 0 Å². The number of fused-ring (bicyclic) bond motifs is 1. The minimum absolute atomic E-state index is 0.376. The van der Waals surface area contributed by atoms with Gasteiger partial charge >= 0.3 is 11.4 Å². The number of nitro benzene ring substituents is 2. The van der Waals surface area contributed by atoms with Crippen LogP contribution in [0.2, 0.25) is 0 Å². The van der Waals surface area contributed by atoms with Gasteiger partial charge in [0, 0.05) is 35.5 Å². The molecule has 0 aliphatic rings. The first-order valence-corrected chi connectivity index (χ1v) is 12.4. The fourth-order valence-electron chi connectivity index (χ4n) is 5.31. The molecule has 0 saturated carbocycles. The van der Waals surface area contributed by atoms with Crippen molar-refractivity contribution in [1.82, 2.24) is 14.8 Å². The predicted octanol–water partition coefficient (Wildman–Crippen LogP) is 6.75. The van der Waals surface area contributed by atoms with Crippen LogP contribution in [0.5, 0.6) is 0 Å². The maximum absolute atomic E-state index is 12.1. The summed E-state index contributed by atoms with van der Waals surface area (Å²) < 4.78 is 1.76. The van der Waals surface area contributed by atoms with Gasteiger partial charge < -0.3 is 0 Å². The number of nitrogens with zero attached hydrogens (tertiary/aromatic N) is 5. The van der Waals surface area contributed by atoms with Gasteiger partial charge in [0.1, 0.15) is 11.2 Å². The van der Waals surface area contributed by atoms with Gasteiger partial charge in [-0.25, -0.2) is 4.68 Å². The molecule has 9 nitrogen and oxygen atoms in total. The Morgan fingerprint density at radius 2 is 1.07 bits per heavy atom. The van der Waals surface area contributed by atoms with E-state index in [1.807, 2.05) is 91.0 Å². The average Bonchev–Trinajstić information content (AvgIpc) is 3.38. The van der Waals surface area contributed by atoms with Crippen molar-refractivity contribution in [2.45, 2.75) is 5.54 Å². The Morgan fingerprint density at radius 3 is 1.52 bits per heavy atom. The third-order valence-corrected chi connectivity index (χ3v) is 7.02. The van der Waals surface area contributed by atoms with Crippen LogP contribution in [0.15, 0.2) is 128 Å². The summed E-state index contributed by atoms with van der Waals surface area (Å²) in [4.78, 5) is 26.7. The summed E-state index contributed by atoms with van der Waals surface area (Å²) in [6.45, 7) is 0. The van der Waals surface area contributed by atoms with Gasteiger partial charge in [-0.3, -0.25) is 25.2 Å². The number of aromatic nitrogens is 3. The fraction of sp³-hybridized carbons (Fsp3) is 0.0323. The maximum Gasteiger partial charge on any atom is 0.348 e. The molecule has 0 radical (unpaired) electrons. The second-order valence-corrected chi connectivity index (χ2v) is 9.18. The molecule has 0 N–H and O–H groups in total. The van der Waals surface area contributed by atoms with Crippen molar-refractivity contribution in [2.24, 2.45) is 0 Å². The average molecular weight is 528 g/mol. The minimum Gasteiger partial charge on any atom is -0.265 e. The number of hydrogen-bond acceptors (Lipinski definition) is 6. The van der Waals surface area contributed by atoms with Crippen LogP contribution in [-0.2, 0) is 5.54 Å². The first kappa shape index (κ1) is 24.6. The molecule has 6 aromatic rings. The number of benzene rings is 4. The second-order valence-electron chi connectivity index (χ2n) is 9.18. The lowest BCUT2D eigenvalue weighted by atomic mass is 9.77. The Labute approximate surface area is 228 Å². The number of rotatable bonds is 7. The lowest BCUT2D eigenvalue weighted by molar-refractivity contribution is -0.422. The molecule has 6 rings (SSSR count). The third kappa shape index (κ3) is 3.88. The van der Waals surface area contributed by atoms with Crippen molar-refractivity contribution in [2.75, 3.05) is 0 Å². The summed E-state index contributed by atoms with van der Waals surface area (Å²) in [7, 11) is 0. The van der Waals surface area contributed by atoms with Crippen LogP contribution in [0, 0.1) is 20.2 Å².